The molecule has 1 heterocycles. The van der Waals surface area contributed by atoms with E-state index in [-0.39, 0.29) is 17.4 Å². The van der Waals surface area contributed by atoms with Gasteiger partial charge in [0, 0.05) is 37.8 Å². The van der Waals surface area contributed by atoms with Gasteiger partial charge in [-0.2, -0.15) is 0 Å². The summed E-state index contributed by atoms with van der Waals surface area (Å²) >= 11 is 0. The molecule has 1 saturated heterocycles. The van der Waals surface area contributed by atoms with Crippen molar-refractivity contribution in [3.8, 4) is 5.75 Å². The number of piperazine rings is 1. The van der Waals surface area contributed by atoms with Crippen molar-refractivity contribution in [2.45, 2.75) is 0 Å². The summed E-state index contributed by atoms with van der Waals surface area (Å²) in [5.41, 5.74) is 0.446. The number of phenolic OH excluding ortho intramolecular Hbond substituents is 1. The summed E-state index contributed by atoms with van der Waals surface area (Å²) in [6, 6.07) is 5.94. The maximum atomic E-state index is 11.8. The summed E-state index contributed by atoms with van der Waals surface area (Å²) in [5.74, 6) is -0.283. The summed E-state index contributed by atoms with van der Waals surface area (Å²) in [6.45, 7) is 2.89. The number of amides is 1. The average Bonchev–Trinajstić information content (AvgIpc) is 2.46. The topological polar surface area (TPSA) is 69.6 Å². The van der Waals surface area contributed by atoms with E-state index < -0.39 is 0 Å². The van der Waals surface area contributed by atoms with E-state index in [0.717, 1.165) is 13.1 Å². The van der Waals surface area contributed by atoms with Crippen LogP contribution >= 0.6 is 0 Å². The summed E-state index contributed by atoms with van der Waals surface area (Å²) < 4.78 is 0. The van der Waals surface area contributed by atoms with E-state index in [4.69, 9.17) is 5.11 Å². The quantitative estimate of drug-likeness (QED) is 0.615. The minimum absolute atomic E-state index is 0.109. The first kappa shape index (κ1) is 13.3. The number of nitrogens with zero attached hydrogens (tertiary/aromatic N) is 1. The predicted molar refractivity (Wildman–Crippen MR) is 71.0 cm³/mol. The molecule has 100 valence electrons. The summed E-state index contributed by atoms with van der Waals surface area (Å²) in [7, 11) is 0. The number of phenols is 1. The Bertz CT molecular complexity index is 488. The normalized spacial score (nSPS) is 15.7. The molecule has 1 aromatic rings. The third-order valence-electron chi connectivity index (χ3n) is 2.96. The molecule has 5 nitrogen and oxygen atoms in total. The summed E-state index contributed by atoms with van der Waals surface area (Å²) in [5, 5.41) is 12.3. The number of nitrogens with one attached hydrogen (secondary N) is 1. The maximum Gasteiger partial charge on any atom is 0.246 e. The second kappa shape index (κ2) is 6.15. The molecular formula is C14H16N2O3. The minimum Gasteiger partial charge on any atom is -0.508 e. The Labute approximate surface area is 111 Å². The molecule has 0 aromatic heterocycles. The van der Waals surface area contributed by atoms with Crippen LogP contribution in [0.25, 0.3) is 0 Å². The number of ketones is 1. The number of hydrogen-bond acceptors (Lipinski definition) is 4. The van der Waals surface area contributed by atoms with Crippen LogP contribution in [0, 0.1) is 0 Å². The van der Waals surface area contributed by atoms with Gasteiger partial charge in [0.1, 0.15) is 5.75 Å². The highest BCUT2D eigenvalue weighted by atomic mass is 16.3. The largest absolute Gasteiger partial charge is 0.508 e. The second-order valence-corrected chi connectivity index (χ2v) is 4.32. The highest BCUT2D eigenvalue weighted by Crippen LogP contribution is 2.10. The molecule has 0 spiro atoms. The first-order valence-electron chi connectivity index (χ1n) is 6.18. The molecule has 19 heavy (non-hydrogen) atoms. The standard InChI is InChI=1S/C14H16N2O3/c17-12-3-1-11(2-4-12)13(18)5-6-14(19)16-9-7-15-8-10-16/h1-6,15,17H,7-10H2/b6-5+. The Morgan fingerprint density at radius 2 is 1.74 bits per heavy atom. The van der Waals surface area contributed by atoms with E-state index in [0.29, 0.717) is 18.7 Å². The zero-order valence-corrected chi connectivity index (χ0v) is 10.5. The van der Waals surface area contributed by atoms with E-state index in [1.165, 1.54) is 36.4 Å². The smallest absolute Gasteiger partial charge is 0.246 e. The van der Waals surface area contributed by atoms with Gasteiger partial charge < -0.3 is 15.3 Å². The average molecular weight is 260 g/mol. The van der Waals surface area contributed by atoms with E-state index >= 15 is 0 Å². The zero-order valence-electron chi connectivity index (χ0n) is 10.5. The number of carbonyl (C=O) groups is 2. The monoisotopic (exact) mass is 260 g/mol. The molecule has 1 aliphatic rings. The van der Waals surface area contributed by atoms with Gasteiger partial charge in [0.2, 0.25) is 5.91 Å². The molecule has 0 saturated carbocycles. The Hall–Kier alpha value is -2.14. The van der Waals surface area contributed by atoms with E-state index in [1.807, 2.05) is 0 Å². The van der Waals surface area contributed by atoms with Crippen LogP contribution in [0.5, 0.6) is 5.75 Å². The van der Waals surface area contributed by atoms with Crippen LogP contribution in [0.1, 0.15) is 10.4 Å². The van der Waals surface area contributed by atoms with E-state index in [9.17, 15) is 9.59 Å². The van der Waals surface area contributed by atoms with Gasteiger partial charge >= 0.3 is 0 Å². The summed E-state index contributed by atoms with van der Waals surface area (Å²) in [4.78, 5) is 25.3. The number of carbonyl (C=O) groups excluding carboxylic acids is 2. The van der Waals surface area contributed by atoms with Crippen molar-refractivity contribution in [3.05, 3.63) is 42.0 Å². The lowest BCUT2D eigenvalue weighted by molar-refractivity contribution is -0.126. The second-order valence-electron chi connectivity index (χ2n) is 4.32. The van der Waals surface area contributed by atoms with Crippen LogP contribution in [-0.2, 0) is 4.79 Å². The number of aromatic hydroxyl groups is 1. The lowest BCUT2D eigenvalue weighted by Crippen LogP contribution is -2.45. The number of rotatable bonds is 3. The van der Waals surface area contributed by atoms with Gasteiger partial charge in [0.25, 0.3) is 0 Å². The third-order valence-corrected chi connectivity index (χ3v) is 2.96. The molecule has 1 aromatic carbocycles. The summed E-state index contributed by atoms with van der Waals surface area (Å²) in [6.07, 6.45) is 2.58. The molecular weight excluding hydrogens is 244 g/mol. The van der Waals surface area contributed by atoms with Gasteiger partial charge in [0.15, 0.2) is 5.78 Å². The van der Waals surface area contributed by atoms with Crippen LogP contribution in [0.2, 0.25) is 0 Å². The van der Waals surface area contributed by atoms with Gasteiger partial charge in [-0.15, -0.1) is 0 Å². The molecule has 2 rings (SSSR count). The molecule has 0 unspecified atom stereocenters. The van der Waals surface area contributed by atoms with Crippen LogP contribution in [0.4, 0.5) is 0 Å². The lowest BCUT2D eigenvalue weighted by atomic mass is 10.1. The minimum atomic E-state index is -0.247. The Morgan fingerprint density at radius 1 is 1.11 bits per heavy atom. The molecule has 0 aliphatic carbocycles. The number of benzene rings is 1. The fourth-order valence-electron chi connectivity index (χ4n) is 1.86. The van der Waals surface area contributed by atoms with Crippen LogP contribution in [0.3, 0.4) is 0 Å². The Morgan fingerprint density at radius 3 is 2.37 bits per heavy atom. The van der Waals surface area contributed by atoms with Gasteiger partial charge in [-0.05, 0) is 30.3 Å². The van der Waals surface area contributed by atoms with Crippen LogP contribution in [0.15, 0.2) is 36.4 Å². The number of hydrogen-bond donors (Lipinski definition) is 2. The van der Waals surface area contributed by atoms with E-state index in [2.05, 4.69) is 5.32 Å². The van der Waals surface area contributed by atoms with Crippen LogP contribution < -0.4 is 5.32 Å². The Kier molecular flexibility index (Phi) is 4.30. The molecule has 0 atom stereocenters. The zero-order chi connectivity index (χ0) is 13.7. The van der Waals surface area contributed by atoms with Gasteiger partial charge in [-0.1, -0.05) is 0 Å². The van der Waals surface area contributed by atoms with Gasteiger partial charge in [0.05, 0.1) is 0 Å². The SMILES string of the molecule is O=C(/C=C/C(=O)N1CCNCC1)c1ccc(O)cc1. The molecule has 1 amide bonds. The molecule has 5 heteroatoms. The first-order chi connectivity index (χ1) is 9.16. The van der Waals surface area contributed by atoms with Crippen molar-refractivity contribution >= 4 is 11.7 Å². The molecule has 1 aliphatic heterocycles. The third kappa shape index (κ3) is 3.66. The predicted octanol–water partition coefficient (Wildman–Crippen LogP) is 0.563. The van der Waals surface area contributed by atoms with Gasteiger partial charge in [-0.25, -0.2) is 0 Å². The van der Waals surface area contributed by atoms with Crippen LogP contribution in [-0.4, -0.2) is 47.9 Å². The first-order valence-corrected chi connectivity index (χ1v) is 6.18. The van der Waals surface area contributed by atoms with Crippen molar-refractivity contribution < 1.29 is 14.7 Å². The highest BCUT2D eigenvalue weighted by molar-refractivity contribution is 6.07. The van der Waals surface area contributed by atoms with Crippen molar-refractivity contribution in [1.29, 1.82) is 0 Å². The molecule has 1 fully saturated rings. The van der Waals surface area contributed by atoms with Crippen molar-refractivity contribution in [2.75, 3.05) is 26.2 Å². The fourth-order valence-corrected chi connectivity index (χ4v) is 1.86. The van der Waals surface area contributed by atoms with Crippen molar-refractivity contribution in [1.82, 2.24) is 10.2 Å². The lowest BCUT2D eigenvalue weighted by Gasteiger charge is -2.26. The van der Waals surface area contributed by atoms with Crippen molar-refractivity contribution in [3.63, 3.8) is 0 Å². The van der Waals surface area contributed by atoms with Crippen molar-refractivity contribution in [2.24, 2.45) is 0 Å². The van der Waals surface area contributed by atoms with Gasteiger partial charge in [-0.3, -0.25) is 9.59 Å². The van der Waals surface area contributed by atoms with E-state index in [1.54, 1.807) is 4.90 Å². The maximum absolute atomic E-state index is 11.8. The molecule has 2 N–H and O–H groups in total. The molecule has 0 bridgehead atoms. The molecule has 0 radical (unpaired) electrons. The fraction of sp³-hybridized carbons (Fsp3) is 0.286. The number of allylic oxidation sites excluding steroid dienone is 1. The Balaban J connectivity index is 1.95. The highest BCUT2D eigenvalue weighted by Gasteiger charge is 2.13.